The summed E-state index contributed by atoms with van der Waals surface area (Å²) in [5.41, 5.74) is 0.929. The Morgan fingerprint density at radius 1 is 1.12 bits per heavy atom. The van der Waals surface area contributed by atoms with Crippen molar-refractivity contribution in [2.45, 2.75) is 5.16 Å². The Morgan fingerprint density at radius 3 is 2.62 bits per heavy atom. The Morgan fingerprint density at radius 2 is 1.92 bits per heavy atom. The van der Waals surface area contributed by atoms with Crippen LogP contribution >= 0.6 is 35.0 Å². The molecule has 2 heterocycles. The fourth-order valence-electron chi connectivity index (χ4n) is 2.08. The van der Waals surface area contributed by atoms with Crippen LogP contribution in [0.4, 0.5) is 0 Å². The second-order valence-corrected chi connectivity index (χ2v) is 6.73. The van der Waals surface area contributed by atoms with E-state index in [0.717, 1.165) is 16.5 Å². The van der Waals surface area contributed by atoms with Crippen LogP contribution in [0, 0.1) is 0 Å². The van der Waals surface area contributed by atoms with Crippen LogP contribution in [0.5, 0.6) is 5.75 Å². The number of ether oxygens (including phenoxy) is 1. The molecular formula is C16H14Cl2N4OS. The van der Waals surface area contributed by atoms with E-state index in [1.54, 1.807) is 42.4 Å². The van der Waals surface area contributed by atoms with Crippen molar-refractivity contribution in [1.82, 2.24) is 19.7 Å². The maximum atomic E-state index is 6.07. The fraction of sp³-hybridized carbons (Fsp3) is 0.188. The molecule has 0 saturated heterocycles. The lowest BCUT2D eigenvalue weighted by Gasteiger charge is -2.09. The third-order valence-electron chi connectivity index (χ3n) is 3.23. The van der Waals surface area contributed by atoms with Gasteiger partial charge in [0.25, 0.3) is 0 Å². The number of nitrogens with zero attached hydrogens (tertiary/aromatic N) is 4. The second-order valence-electron chi connectivity index (χ2n) is 4.85. The van der Waals surface area contributed by atoms with Gasteiger partial charge < -0.3 is 9.30 Å². The number of benzene rings is 1. The SMILES string of the molecule is Cn1c(SCCOc2c(Cl)cccc2Cl)nnc1-c1cccnc1. The highest BCUT2D eigenvalue weighted by molar-refractivity contribution is 7.99. The number of hydrogen-bond acceptors (Lipinski definition) is 5. The average molecular weight is 381 g/mol. The Kier molecular flexibility index (Phi) is 5.60. The van der Waals surface area contributed by atoms with Crippen molar-refractivity contribution in [2.24, 2.45) is 7.05 Å². The van der Waals surface area contributed by atoms with Gasteiger partial charge in [-0.15, -0.1) is 10.2 Å². The molecule has 0 bridgehead atoms. The smallest absolute Gasteiger partial charge is 0.191 e. The second kappa shape index (κ2) is 7.88. The van der Waals surface area contributed by atoms with Crippen molar-refractivity contribution in [1.29, 1.82) is 0 Å². The summed E-state index contributed by atoms with van der Waals surface area (Å²) < 4.78 is 7.60. The minimum absolute atomic E-state index is 0.462. The quantitative estimate of drug-likeness (QED) is 0.469. The number of halogens is 2. The number of pyridine rings is 1. The highest BCUT2D eigenvalue weighted by Gasteiger charge is 2.12. The molecule has 0 amide bonds. The molecule has 0 fully saturated rings. The summed E-state index contributed by atoms with van der Waals surface area (Å²) in [5.74, 6) is 1.98. The largest absolute Gasteiger partial charge is 0.490 e. The number of rotatable bonds is 6. The van der Waals surface area contributed by atoms with Gasteiger partial charge in [0.05, 0.1) is 16.7 Å². The van der Waals surface area contributed by atoms with Crippen molar-refractivity contribution in [3.63, 3.8) is 0 Å². The van der Waals surface area contributed by atoms with Gasteiger partial charge in [-0.3, -0.25) is 4.98 Å². The highest BCUT2D eigenvalue weighted by atomic mass is 35.5. The minimum Gasteiger partial charge on any atom is -0.490 e. The first kappa shape index (κ1) is 17.1. The van der Waals surface area contributed by atoms with Gasteiger partial charge in [0.1, 0.15) is 0 Å². The molecule has 0 aliphatic rings. The Bertz CT molecular complexity index is 806. The van der Waals surface area contributed by atoms with E-state index in [1.165, 1.54) is 0 Å². The highest BCUT2D eigenvalue weighted by Crippen LogP contribution is 2.32. The van der Waals surface area contributed by atoms with Gasteiger partial charge in [-0.1, -0.05) is 41.0 Å². The van der Waals surface area contributed by atoms with Crippen molar-refractivity contribution in [2.75, 3.05) is 12.4 Å². The summed E-state index contributed by atoms with van der Waals surface area (Å²) in [7, 11) is 1.93. The van der Waals surface area contributed by atoms with Crippen LogP contribution in [0.2, 0.25) is 10.0 Å². The molecule has 3 rings (SSSR count). The summed E-state index contributed by atoms with van der Waals surface area (Å²) in [5, 5.41) is 10.2. The van der Waals surface area contributed by atoms with E-state index < -0.39 is 0 Å². The lowest BCUT2D eigenvalue weighted by molar-refractivity contribution is 0.344. The van der Waals surface area contributed by atoms with E-state index >= 15 is 0 Å². The molecule has 0 unspecified atom stereocenters. The lowest BCUT2D eigenvalue weighted by atomic mass is 10.3. The van der Waals surface area contributed by atoms with Crippen molar-refractivity contribution >= 4 is 35.0 Å². The zero-order valence-electron chi connectivity index (χ0n) is 12.8. The van der Waals surface area contributed by atoms with Crippen molar-refractivity contribution in [3.8, 4) is 17.1 Å². The molecule has 8 heteroatoms. The van der Waals surface area contributed by atoms with Gasteiger partial charge in [0, 0.05) is 30.8 Å². The molecule has 1 aromatic carbocycles. The third kappa shape index (κ3) is 3.83. The van der Waals surface area contributed by atoms with E-state index in [4.69, 9.17) is 27.9 Å². The number of para-hydroxylation sites is 1. The van der Waals surface area contributed by atoms with Crippen molar-refractivity contribution < 1.29 is 4.74 Å². The topological polar surface area (TPSA) is 52.8 Å². The van der Waals surface area contributed by atoms with Gasteiger partial charge in [-0.25, -0.2) is 0 Å². The fourth-order valence-corrected chi connectivity index (χ4v) is 3.32. The predicted molar refractivity (Wildman–Crippen MR) is 96.9 cm³/mol. The number of thioether (sulfide) groups is 1. The molecule has 3 aromatic rings. The van der Waals surface area contributed by atoms with E-state index in [9.17, 15) is 0 Å². The molecule has 0 spiro atoms. The monoisotopic (exact) mass is 380 g/mol. The van der Waals surface area contributed by atoms with Crippen LogP contribution in [0.25, 0.3) is 11.4 Å². The summed E-state index contributed by atoms with van der Waals surface area (Å²) in [6, 6.07) is 9.11. The maximum absolute atomic E-state index is 6.07. The molecule has 0 aliphatic heterocycles. The standard InChI is InChI=1S/C16H14Cl2N4OS/c1-22-15(11-4-3-7-19-10-11)20-21-16(22)24-9-8-23-14-12(17)5-2-6-13(14)18/h2-7,10H,8-9H2,1H3. The first-order valence-electron chi connectivity index (χ1n) is 7.16. The van der Waals surface area contributed by atoms with E-state index in [0.29, 0.717) is 28.2 Å². The van der Waals surface area contributed by atoms with Gasteiger partial charge in [-0.2, -0.15) is 0 Å². The van der Waals surface area contributed by atoms with E-state index in [2.05, 4.69) is 15.2 Å². The molecule has 124 valence electrons. The van der Waals surface area contributed by atoms with Gasteiger partial charge in [0.15, 0.2) is 16.7 Å². The first-order chi connectivity index (χ1) is 11.7. The molecule has 0 saturated carbocycles. The average Bonchev–Trinajstić information content (AvgIpc) is 2.95. The molecule has 5 nitrogen and oxygen atoms in total. The zero-order chi connectivity index (χ0) is 16.9. The molecule has 2 aromatic heterocycles. The lowest BCUT2D eigenvalue weighted by Crippen LogP contribution is -2.03. The summed E-state index contributed by atoms with van der Waals surface area (Å²) in [6.45, 7) is 0.462. The van der Waals surface area contributed by atoms with Crippen LogP contribution in [0.1, 0.15) is 0 Å². The normalized spacial score (nSPS) is 10.8. The molecule has 0 N–H and O–H groups in total. The van der Waals surface area contributed by atoms with Crippen LogP contribution in [-0.4, -0.2) is 32.1 Å². The third-order valence-corrected chi connectivity index (χ3v) is 4.81. The van der Waals surface area contributed by atoms with Crippen molar-refractivity contribution in [3.05, 3.63) is 52.8 Å². The van der Waals surface area contributed by atoms with Crippen LogP contribution in [0.15, 0.2) is 47.9 Å². The summed E-state index contributed by atoms with van der Waals surface area (Å²) >= 11 is 13.7. The molecule has 0 aliphatic carbocycles. The molecular weight excluding hydrogens is 367 g/mol. The molecule has 0 radical (unpaired) electrons. The Labute approximate surface area is 154 Å². The van der Waals surface area contributed by atoms with Gasteiger partial charge in [-0.05, 0) is 24.3 Å². The number of hydrogen-bond donors (Lipinski definition) is 0. The molecule has 0 atom stereocenters. The van der Waals surface area contributed by atoms with E-state index in [1.807, 2.05) is 23.7 Å². The number of aromatic nitrogens is 4. The van der Waals surface area contributed by atoms with Crippen LogP contribution in [-0.2, 0) is 7.05 Å². The maximum Gasteiger partial charge on any atom is 0.191 e. The van der Waals surface area contributed by atoms with Crippen LogP contribution < -0.4 is 4.74 Å². The Hall–Kier alpha value is -1.76. The molecule has 24 heavy (non-hydrogen) atoms. The zero-order valence-corrected chi connectivity index (χ0v) is 15.1. The Balaban J connectivity index is 1.59. The van der Waals surface area contributed by atoms with E-state index in [-0.39, 0.29) is 0 Å². The van der Waals surface area contributed by atoms with Gasteiger partial charge in [0.2, 0.25) is 0 Å². The minimum atomic E-state index is 0.462. The summed E-state index contributed by atoms with van der Waals surface area (Å²) in [4.78, 5) is 4.10. The predicted octanol–water partition coefficient (Wildman–Crippen LogP) is 4.36. The van der Waals surface area contributed by atoms with Gasteiger partial charge >= 0.3 is 0 Å². The first-order valence-corrected chi connectivity index (χ1v) is 8.90. The van der Waals surface area contributed by atoms with Crippen LogP contribution in [0.3, 0.4) is 0 Å². The summed E-state index contributed by atoms with van der Waals surface area (Å²) in [6.07, 6.45) is 3.49.